The van der Waals surface area contributed by atoms with E-state index < -0.39 is 4.92 Å². The van der Waals surface area contributed by atoms with Crippen LogP contribution in [0.1, 0.15) is 12.8 Å². The van der Waals surface area contributed by atoms with Crippen LogP contribution in [0, 0.1) is 10.1 Å². The van der Waals surface area contributed by atoms with Crippen LogP contribution in [0.4, 0.5) is 11.6 Å². The van der Waals surface area contributed by atoms with E-state index in [1.54, 1.807) is 13.2 Å². The predicted octanol–water partition coefficient (Wildman–Crippen LogP) is 2.31. The lowest BCUT2D eigenvalue weighted by atomic mass is 10.3. The number of nitrogens with one attached hydrogen (secondary N) is 2. The number of nitro benzene ring substituents is 1. The summed E-state index contributed by atoms with van der Waals surface area (Å²) in [5.41, 5.74) is 1.43. The first kappa shape index (κ1) is 13.3. The third kappa shape index (κ3) is 3.41. The molecule has 0 aliphatic heterocycles. The number of fused-ring (bicyclic) bond motifs is 1. The summed E-state index contributed by atoms with van der Waals surface area (Å²) in [6.07, 6.45) is 1.96. The maximum atomic E-state index is 10.7. The first-order chi connectivity index (χ1) is 9.20. The number of rotatable bonds is 7. The molecule has 0 unspecified atom stereocenters. The fourth-order valence-electron chi connectivity index (χ4n) is 1.77. The number of anilines is 1. The molecule has 0 saturated carbocycles. The zero-order chi connectivity index (χ0) is 13.7. The van der Waals surface area contributed by atoms with Crippen molar-refractivity contribution in [3.8, 4) is 0 Å². The Balaban J connectivity index is 1.99. The number of aromatic nitrogens is 2. The number of ether oxygens (including phenoxy) is 1. The molecule has 7 nitrogen and oxygen atoms in total. The van der Waals surface area contributed by atoms with Crippen molar-refractivity contribution in [1.29, 1.82) is 0 Å². The number of methoxy groups -OCH3 is 1. The van der Waals surface area contributed by atoms with Gasteiger partial charge in [0.15, 0.2) is 0 Å². The van der Waals surface area contributed by atoms with Gasteiger partial charge in [0, 0.05) is 32.4 Å². The van der Waals surface area contributed by atoms with E-state index in [4.69, 9.17) is 4.74 Å². The molecule has 0 bridgehead atoms. The van der Waals surface area contributed by atoms with E-state index in [0.29, 0.717) is 17.0 Å². The summed E-state index contributed by atoms with van der Waals surface area (Å²) in [7, 11) is 1.68. The molecule has 1 aromatic carbocycles. The monoisotopic (exact) mass is 264 g/mol. The van der Waals surface area contributed by atoms with Gasteiger partial charge in [-0.05, 0) is 18.9 Å². The van der Waals surface area contributed by atoms with Crippen LogP contribution in [-0.4, -0.2) is 35.2 Å². The highest BCUT2D eigenvalue weighted by molar-refractivity contribution is 5.79. The Kier molecular flexibility index (Phi) is 4.30. The normalized spacial score (nSPS) is 10.8. The molecule has 0 fully saturated rings. The van der Waals surface area contributed by atoms with E-state index in [9.17, 15) is 10.1 Å². The Morgan fingerprint density at radius 2 is 2.32 bits per heavy atom. The van der Waals surface area contributed by atoms with Crippen molar-refractivity contribution in [2.45, 2.75) is 12.8 Å². The molecule has 0 saturated heterocycles. The van der Waals surface area contributed by atoms with Crippen molar-refractivity contribution in [3.63, 3.8) is 0 Å². The van der Waals surface area contributed by atoms with Gasteiger partial charge >= 0.3 is 0 Å². The lowest BCUT2D eigenvalue weighted by molar-refractivity contribution is -0.384. The van der Waals surface area contributed by atoms with Crippen molar-refractivity contribution in [1.82, 2.24) is 9.97 Å². The number of aromatic amines is 1. The van der Waals surface area contributed by atoms with Crippen LogP contribution in [0.25, 0.3) is 11.0 Å². The first-order valence-electron chi connectivity index (χ1n) is 6.07. The van der Waals surface area contributed by atoms with E-state index in [1.165, 1.54) is 12.1 Å². The molecule has 0 aliphatic rings. The Labute approximate surface area is 110 Å². The minimum Gasteiger partial charge on any atom is -0.385 e. The number of unbranched alkanes of at least 4 members (excludes halogenated alkanes) is 1. The number of imidazole rings is 1. The molecule has 7 heteroatoms. The van der Waals surface area contributed by atoms with Crippen LogP contribution in [-0.2, 0) is 4.74 Å². The molecule has 19 heavy (non-hydrogen) atoms. The van der Waals surface area contributed by atoms with Gasteiger partial charge in [0.1, 0.15) is 0 Å². The van der Waals surface area contributed by atoms with E-state index >= 15 is 0 Å². The second-order valence-electron chi connectivity index (χ2n) is 4.17. The molecule has 1 aromatic heterocycles. The molecule has 102 valence electrons. The zero-order valence-electron chi connectivity index (χ0n) is 10.7. The summed E-state index contributed by atoms with van der Waals surface area (Å²) in [5.74, 6) is 0.632. The smallest absolute Gasteiger partial charge is 0.271 e. The van der Waals surface area contributed by atoms with Gasteiger partial charge < -0.3 is 15.0 Å². The molecule has 0 amide bonds. The molecule has 0 radical (unpaired) electrons. The van der Waals surface area contributed by atoms with Gasteiger partial charge in [-0.2, -0.15) is 0 Å². The van der Waals surface area contributed by atoms with Gasteiger partial charge in [-0.3, -0.25) is 10.1 Å². The summed E-state index contributed by atoms with van der Waals surface area (Å²) >= 11 is 0. The Morgan fingerprint density at radius 3 is 3.05 bits per heavy atom. The van der Waals surface area contributed by atoms with Crippen LogP contribution in [0.2, 0.25) is 0 Å². The number of nitro groups is 1. The van der Waals surface area contributed by atoms with Crippen molar-refractivity contribution in [2.75, 3.05) is 25.6 Å². The van der Waals surface area contributed by atoms with Crippen LogP contribution >= 0.6 is 0 Å². The fraction of sp³-hybridized carbons (Fsp3) is 0.417. The SMILES string of the molecule is COCCCCNc1nc2ccc([N+](=O)[O-])cc2[nH]1. The third-order valence-corrected chi connectivity index (χ3v) is 2.74. The second kappa shape index (κ2) is 6.14. The Morgan fingerprint density at radius 1 is 1.47 bits per heavy atom. The predicted molar refractivity (Wildman–Crippen MR) is 72.3 cm³/mol. The van der Waals surface area contributed by atoms with Crippen molar-refractivity contribution in [3.05, 3.63) is 28.3 Å². The van der Waals surface area contributed by atoms with Crippen molar-refractivity contribution in [2.24, 2.45) is 0 Å². The largest absolute Gasteiger partial charge is 0.385 e. The summed E-state index contributed by atoms with van der Waals surface area (Å²) in [6, 6.07) is 4.57. The highest BCUT2D eigenvalue weighted by atomic mass is 16.6. The maximum Gasteiger partial charge on any atom is 0.271 e. The number of hydrogen-bond acceptors (Lipinski definition) is 5. The van der Waals surface area contributed by atoms with E-state index in [1.807, 2.05) is 0 Å². The molecule has 0 aliphatic carbocycles. The summed E-state index contributed by atoms with van der Waals surface area (Å²) in [5, 5.41) is 13.8. The lowest BCUT2D eigenvalue weighted by Gasteiger charge is -2.01. The average molecular weight is 264 g/mol. The molecule has 0 spiro atoms. The van der Waals surface area contributed by atoms with E-state index in [2.05, 4.69) is 15.3 Å². The fourth-order valence-corrected chi connectivity index (χ4v) is 1.77. The van der Waals surface area contributed by atoms with Gasteiger partial charge in [-0.1, -0.05) is 0 Å². The highest BCUT2D eigenvalue weighted by Gasteiger charge is 2.09. The number of H-pyrrole nitrogens is 1. The second-order valence-corrected chi connectivity index (χ2v) is 4.17. The maximum absolute atomic E-state index is 10.7. The van der Waals surface area contributed by atoms with Crippen molar-refractivity contribution < 1.29 is 9.66 Å². The topological polar surface area (TPSA) is 93.1 Å². The lowest BCUT2D eigenvalue weighted by Crippen LogP contribution is -2.04. The van der Waals surface area contributed by atoms with E-state index in [-0.39, 0.29) is 5.69 Å². The molecule has 2 aromatic rings. The highest BCUT2D eigenvalue weighted by Crippen LogP contribution is 2.20. The number of benzene rings is 1. The number of non-ortho nitro benzene ring substituents is 1. The van der Waals surface area contributed by atoms with Crippen LogP contribution < -0.4 is 5.32 Å². The number of nitrogens with zero attached hydrogens (tertiary/aromatic N) is 2. The number of hydrogen-bond donors (Lipinski definition) is 2. The summed E-state index contributed by atoms with van der Waals surface area (Å²) in [4.78, 5) is 17.6. The summed E-state index contributed by atoms with van der Waals surface area (Å²) < 4.78 is 4.96. The van der Waals surface area contributed by atoms with Gasteiger partial charge in [0.05, 0.1) is 16.0 Å². The molecular formula is C12H16N4O3. The molecule has 2 rings (SSSR count). The molecular weight excluding hydrogens is 248 g/mol. The van der Waals surface area contributed by atoms with Gasteiger partial charge in [0.25, 0.3) is 5.69 Å². The van der Waals surface area contributed by atoms with Crippen LogP contribution in [0.5, 0.6) is 0 Å². The third-order valence-electron chi connectivity index (χ3n) is 2.74. The average Bonchev–Trinajstić information content (AvgIpc) is 2.80. The minimum absolute atomic E-state index is 0.0581. The van der Waals surface area contributed by atoms with Gasteiger partial charge in [0.2, 0.25) is 5.95 Å². The minimum atomic E-state index is -0.419. The first-order valence-corrected chi connectivity index (χ1v) is 6.07. The standard InChI is InChI=1S/C12H16N4O3/c1-19-7-3-2-6-13-12-14-10-5-4-9(16(17)18)8-11(10)15-12/h4-5,8H,2-3,6-7H2,1H3,(H2,13,14,15). The molecule has 1 heterocycles. The Bertz CT molecular complexity index is 567. The zero-order valence-corrected chi connectivity index (χ0v) is 10.7. The van der Waals surface area contributed by atoms with E-state index in [0.717, 1.165) is 26.0 Å². The van der Waals surface area contributed by atoms with Gasteiger partial charge in [-0.25, -0.2) is 4.98 Å². The Hall–Kier alpha value is -2.15. The van der Waals surface area contributed by atoms with Gasteiger partial charge in [-0.15, -0.1) is 0 Å². The van der Waals surface area contributed by atoms with Crippen LogP contribution in [0.3, 0.4) is 0 Å². The molecule has 2 N–H and O–H groups in total. The quantitative estimate of drug-likeness (QED) is 0.454. The summed E-state index contributed by atoms with van der Waals surface area (Å²) in [6.45, 7) is 1.53. The van der Waals surface area contributed by atoms with Crippen molar-refractivity contribution >= 4 is 22.7 Å². The van der Waals surface area contributed by atoms with Crippen LogP contribution in [0.15, 0.2) is 18.2 Å². The molecule has 0 atom stereocenters.